The van der Waals surface area contributed by atoms with E-state index in [-0.39, 0.29) is 12.8 Å². The van der Waals surface area contributed by atoms with Gasteiger partial charge in [0.25, 0.3) is 0 Å². The number of benzene rings is 1. The first kappa shape index (κ1) is 14.3. The number of hydrogen-bond donors (Lipinski definition) is 2. The molecule has 2 amide bonds. The molecule has 20 heavy (non-hydrogen) atoms. The maximum atomic E-state index is 11.6. The number of aromatic nitrogens is 1. The Labute approximate surface area is 122 Å². The van der Waals surface area contributed by atoms with E-state index in [1.165, 1.54) is 11.3 Å². The number of amides is 2. The number of urea groups is 1. The van der Waals surface area contributed by atoms with E-state index in [0.717, 1.165) is 22.4 Å². The van der Waals surface area contributed by atoms with Crippen molar-refractivity contribution in [2.24, 2.45) is 0 Å². The molecule has 0 aliphatic heterocycles. The molecule has 2 aromatic rings. The standard InChI is InChI=1S/C14H17N3O2S/c1-9-4-5-10(2)12(11(9)3)19-8-16-13(18)17-14-15-6-7-20-14/h4-7H,8H2,1-3H3,(H2,15,16,17,18). The molecule has 0 unspecified atom stereocenters. The van der Waals surface area contributed by atoms with Gasteiger partial charge in [-0.1, -0.05) is 12.1 Å². The van der Waals surface area contributed by atoms with Crippen molar-refractivity contribution in [1.82, 2.24) is 10.3 Å². The van der Waals surface area contributed by atoms with Gasteiger partial charge in [0, 0.05) is 11.6 Å². The summed E-state index contributed by atoms with van der Waals surface area (Å²) < 4.78 is 5.65. The van der Waals surface area contributed by atoms with Crippen LogP contribution in [0.1, 0.15) is 16.7 Å². The van der Waals surface area contributed by atoms with Gasteiger partial charge in [-0.3, -0.25) is 5.32 Å². The Morgan fingerprint density at radius 3 is 2.75 bits per heavy atom. The van der Waals surface area contributed by atoms with E-state index >= 15 is 0 Å². The zero-order valence-corrected chi connectivity index (χ0v) is 12.5. The van der Waals surface area contributed by atoms with Crippen molar-refractivity contribution in [2.75, 3.05) is 12.0 Å². The zero-order valence-electron chi connectivity index (χ0n) is 11.7. The third-order valence-corrected chi connectivity index (χ3v) is 3.66. The summed E-state index contributed by atoms with van der Waals surface area (Å²) in [4.78, 5) is 15.6. The van der Waals surface area contributed by atoms with Gasteiger partial charge in [-0.05, 0) is 37.5 Å². The first-order valence-electron chi connectivity index (χ1n) is 6.22. The number of thiazole rings is 1. The lowest BCUT2D eigenvalue weighted by Gasteiger charge is -2.14. The quantitative estimate of drug-likeness (QED) is 0.850. The van der Waals surface area contributed by atoms with Crippen molar-refractivity contribution in [2.45, 2.75) is 20.8 Å². The highest BCUT2D eigenvalue weighted by atomic mass is 32.1. The molecule has 0 aliphatic carbocycles. The van der Waals surface area contributed by atoms with Gasteiger partial charge in [0.05, 0.1) is 0 Å². The number of nitrogens with zero attached hydrogens (tertiary/aromatic N) is 1. The van der Waals surface area contributed by atoms with Crippen LogP contribution in [0.5, 0.6) is 5.75 Å². The van der Waals surface area contributed by atoms with Crippen molar-refractivity contribution in [1.29, 1.82) is 0 Å². The van der Waals surface area contributed by atoms with Crippen LogP contribution in [0.4, 0.5) is 9.93 Å². The van der Waals surface area contributed by atoms with Gasteiger partial charge >= 0.3 is 6.03 Å². The molecule has 1 aromatic carbocycles. The molecule has 2 N–H and O–H groups in total. The summed E-state index contributed by atoms with van der Waals surface area (Å²) in [7, 11) is 0. The van der Waals surface area contributed by atoms with Crippen molar-refractivity contribution in [3.05, 3.63) is 40.4 Å². The Morgan fingerprint density at radius 2 is 2.05 bits per heavy atom. The maximum Gasteiger partial charge on any atom is 0.323 e. The molecule has 0 spiro atoms. The van der Waals surface area contributed by atoms with E-state index in [2.05, 4.69) is 21.7 Å². The van der Waals surface area contributed by atoms with Gasteiger partial charge in [0.15, 0.2) is 11.9 Å². The molecule has 0 saturated carbocycles. The molecule has 0 radical (unpaired) electrons. The molecule has 6 heteroatoms. The van der Waals surface area contributed by atoms with Crippen LogP contribution in [0, 0.1) is 20.8 Å². The van der Waals surface area contributed by atoms with E-state index in [1.54, 1.807) is 11.6 Å². The highest BCUT2D eigenvalue weighted by molar-refractivity contribution is 7.13. The highest BCUT2D eigenvalue weighted by Crippen LogP contribution is 2.25. The van der Waals surface area contributed by atoms with E-state index in [9.17, 15) is 4.79 Å². The number of hydrogen-bond acceptors (Lipinski definition) is 4. The normalized spacial score (nSPS) is 10.2. The molecule has 0 saturated heterocycles. The van der Waals surface area contributed by atoms with Gasteiger partial charge in [0.1, 0.15) is 5.75 Å². The molecular formula is C14H17N3O2S. The van der Waals surface area contributed by atoms with Crippen LogP contribution in [0.3, 0.4) is 0 Å². The molecule has 0 atom stereocenters. The van der Waals surface area contributed by atoms with Gasteiger partial charge in [-0.25, -0.2) is 9.78 Å². The molecule has 0 bridgehead atoms. The molecule has 0 fully saturated rings. The van der Waals surface area contributed by atoms with E-state index in [0.29, 0.717) is 5.13 Å². The average Bonchev–Trinajstić information content (AvgIpc) is 2.91. The van der Waals surface area contributed by atoms with Crippen molar-refractivity contribution in [3.63, 3.8) is 0 Å². The molecule has 2 rings (SSSR count). The number of anilines is 1. The largest absolute Gasteiger partial charge is 0.473 e. The van der Waals surface area contributed by atoms with Crippen LogP contribution in [-0.4, -0.2) is 17.7 Å². The van der Waals surface area contributed by atoms with Crippen LogP contribution < -0.4 is 15.4 Å². The van der Waals surface area contributed by atoms with Crippen molar-refractivity contribution in [3.8, 4) is 5.75 Å². The van der Waals surface area contributed by atoms with Crippen LogP contribution in [0.15, 0.2) is 23.7 Å². The number of ether oxygens (including phenoxy) is 1. The summed E-state index contributed by atoms with van der Waals surface area (Å²) in [6.45, 7) is 6.14. The zero-order chi connectivity index (χ0) is 14.5. The number of carbonyl (C=O) groups is 1. The minimum Gasteiger partial charge on any atom is -0.473 e. The maximum absolute atomic E-state index is 11.6. The second kappa shape index (κ2) is 6.38. The Kier molecular flexibility index (Phi) is 4.57. The number of nitrogens with one attached hydrogen (secondary N) is 2. The van der Waals surface area contributed by atoms with Crippen molar-refractivity contribution >= 4 is 22.5 Å². The lowest BCUT2D eigenvalue weighted by molar-refractivity contribution is 0.234. The average molecular weight is 291 g/mol. The first-order chi connectivity index (χ1) is 9.58. The fourth-order valence-corrected chi connectivity index (χ4v) is 2.27. The molecule has 0 aliphatic rings. The summed E-state index contributed by atoms with van der Waals surface area (Å²) in [5.41, 5.74) is 3.31. The van der Waals surface area contributed by atoms with Crippen molar-refractivity contribution < 1.29 is 9.53 Å². The van der Waals surface area contributed by atoms with E-state index in [4.69, 9.17) is 4.74 Å². The second-order valence-electron chi connectivity index (χ2n) is 4.41. The predicted molar refractivity (Wildman–Crippen MR) is 80.4 cm³/mol. The molecule has 5 nitrogen and oxygen atoms in total. The van der Waals surface area contributed by atoms with E-state index < -0.39 is 0 Å². The minimum absolute atomic E-state index is 0.113. The summed E-state index contributed by atoms with van der Waals surface area (Å²) in [5.74, 6) is 0.819. The van der Waals surface area contributed by atoms with Crippen LogP contribution in [-0.2, 0) is 0 Å². The Balaban J connectivity index is 1.87. The number of aryl methyl sites for hydroxylation is 2. The topological polar surface area (TPSA) is 63.2 Å². The fraction of sp³-hybridized carbons (Fsp3) is 0.286. The van der Waals surface area contributed by atoms with Gasteiger partial charge in [0.2, 0.25) is 0 Å². The minimum atomic E-state index is -0.331. The van der Waals surface area contributed by atoms with Crippen LogP contribution in [0.25, 0.3) is 0 Å². The summed E-state index contributed by atoms with van der Waals surface area (Å²) in [6, 6.07) is 3.73. The molecule has 106 valence electrons. The molecule has 1 heterocycles. The lowest BCUT2D eigenvalue weighted by atomic mass is 10.1. The van der Waals surface area contributed by atoms with E-state index in [1.807, 2.05) is 26.8 Å². The van der Waals surface area contributed by atoms with Gasteiger partial charge in [-0.15, -0.1) is 11.3 Å². The second-order valence-corrected chi connectivity index (χ2v) is 5.30. The SMILES string of the molecule is Cc1ccc(C)c(OCNC(=O)Nc2nccs2)c1C. The first-order valence-corrected chi connectivity index (χ1v) is 7.10. The van der Waals surface area contributed by atoms with Crippen LogP contribution >= 0.6 is 11.3 Å². The lowest BCUT2D eigenvalue weighted by Crippen LogP contribution is -2.32. The molecule has 1 aromatic heterocycles. The summed E-state index contributed by atoms with van der Waals surface area (Å²) >= 11 is 1.36. The van der Waals surface area contributed by atoms with Crippen LogP contribution in [0.2, 0.25) is 0 Å². The highest BCUT2D eigenvalue weighted by Gasteiger charge is 2.07. The summed E-state index contributed by atoms with van der Waals surface area (Å²) in [5, 5.41) is 7.62. The van der Waals surface area contributed by atoms with Gasteiger partial charge < -0.3 is 10.1 Å². The third kappa shape index (κ3) is 3.48. The number of carbonyl (C=O) groups excluding carboxylic acids is 1. The smallest absolute Gasteiger partial charge is 0.323 e. The third-order valence-electron chi connectivity index (χ3n) is 2.98. The Morgan fingerprint density at radius 1 is 1.30 bits per heavy atom. The predicted octanol–water partition coefficient (Wildman–Crippen LogP) is 3.23. The fourth-order valence-electron chi connectivity index (χ4n) is 1.75. The molecular weight excluding hydrogens is 274 g/mol. The Bertz CT molecular complexity index is 597. The monoisotopic (exact) mass is 291 g/mol. The Hall–Kier alpha value is -2.08. The summed E-state index contributed by atoms with van der Waals surface area (Å²) in [6.07, 6.45) is 1.64. The number of rotatable bonds is 4. The van der Waals surface area contributed by atoms with Gasteiger partial charge in [-0.2, -0.15) is 0 Å².